The summed E-state index contributed by atoms with van der Waals surface area (Å²) in [6.45, 7) is 7.09. The number of carbonyl (C=O) groups is 1. The van der Waals surface area contributed by atoms with E-state index in [2.05, 4.69) is 25.1 Å². The molecule has 1 amide bonds. The largest absolute Gasteiger partial charge is 0.379 e. The highest BCUT2D eigenvalue weighted by Gasteiger charge is 2.31. The third-order valence-electron chi connectivity index (χ3n) is 6.42. The second kappa shape index (κ2) is 9.62. The minimum atomic E-state index is -0.172. The van der Waals surface area contributed by atoms with E-state index in [0.717, 1.165) is 62.6 Å². The Balaban J connectivity index is 1.34. The first-order valence-electron chi connectivity index (χ1n) is 11.1. The molecule has 2 aliphatic heterocycles. The lowest BCUT2D eigenvalue weighted by Gasteiger charge is -2.42. The highest BCUT2D eigenvalue weighted by molar-refractivity contribution is 5.92. The predicted molar refractivity (Wildman–Crippen MR) is 120 cm³/mol. The normalized spacial score (nSPS) is 22.3. The molecule has 2 fully saturated rings. The lowest BCUT2D eigenvalue weighted by Crippen LogP contribution is -2.53. The van der Waals surface area contributed by atoms with Gasteiger partial charge in [-0.2, -0.15) is 0 Å². The number of anilines is 1. The van der Waals surface area contributed by atoms with Gasteiger partial charge in [-0.3, -0.25) is 14.5 Å². The number of nitrogens with zero attached hydrogens (tertiary/aromatic N) is 3. The summed E-state index contributed by atoms with van der Waals surface area (Å²) < 4.78 is 5.93. The van der Waals surface area contributed by atoms with E-state index in [0.29, 0.717) is 18.3 Å². The number of H-pyrrole nitrogens is 1. The van der Waals surface area contributed by atoms with Crippen molar-refractivity contribution in [2.24, 2.45) is 0 Å². The fourth-order valence-electron chi connectivity index (χ4n) is 4.50. The van der Waals surface area contributed by atoms with Crippen LogP contribution in [-0.2, 0) is 11.2 Å². The quantitative estimate of drug-likeness (QED) is 0.752. The maximum absolute atomic E-state index is 12.2. The number of hydrogen-bond donors (Lipinski definition) is 2. The number of carbonyl (C=O) groups excluding carboxylic acids is 1. The van der Waals surface area contributed by atoms with Crippen molar-refractivity contribution < 1.29 is 9.53 Å². The number of amides is 1. The molecule has 2 N–H and O–H groups in total. The molecule has 2 unspecified atom stereocenters. The molecule has 0 aromatic carbocycles. The fraction of sp³-hybridized carbons (Fsp3) is 0.522. The van der Waals surface area contributed by atoms with E-state index in [1.165, 1.54) is 0 Å². The summed E-state index contributed by atoms with van der Waals surface area (Å²) in [6.07, 6.45) is 3.51. The van der Waals surface area contributed by atoms with Crippen molar-refractivity contribution in [2.45, 2.75) is 31.7 Å². The number of nitrogens with one attached hydrogen (secondary N) is 2. The average Bonchev–Trinajstić information content (AvgIpc) is 2.84. The van der Waals surface area contributed by atoms with Crippen molar-refractivity contribution in [3.05, 3.63) is 57.8 Å². The third-order valence-corrected chi connectivity index (χ3v) is 6.42. The van der Waals surface area contributed by atoms with Crippen LogP contribution in [0.5, 0.6) is 0 Å². The molecule has 2 saturated heterocycles. The zero-order valence-corrected chi connectivity index (χ0v) is 18.3. The Morgan fingerprint density at radius 1 is 1.19 bits per heavy atom. The maximum Gasteiger partial charge on any atom is 0.269 e. The minimum Gasteiger partial charge on any atom is -0.379 e. The monoisotopic (exact) mass is 425 g/mol. The van der Waals surface area contributed by atoms with Gasteiger partial charge in [-0.25, -0.2) is 4.98 Å². The van der Waals surface area contributed by atoms with Gasteiger partial charge in [-0.05, 0) is 31.0 Å². The molecule has 8 heteroatoms. The summed E-state index contributed by atoms with van der Waals surface area (Å²) in [5.41, 5.74) is 3.30. The van der Waals surface area contributed by atoms with E-state index in [9.17, 15) is 9.59 Å². The molecule has 2 aliphatic rings. The number of ether oxygens (including phenoxy) is 1. The van der Waals surface area contributed by atoms with Crippen LogP contribution in [0.4, 0.5) is 5.69 Å². The predicted octanol–water partition coefficient (Wildman–Crippen LogP) is 1.39. The van der Waals surface area contributed by atoms with Crippen molar-refractivity contribution in [3.63, 3.8) is 0 Å². The van der Waals surface area contributed by atoms with Gasteiger partial charge >= 0.3 is 0 Å². The molecule has 0 saturated carbocycles. The first-order chi connectivity index (χ1) is 15.1. The Morgan fingerprint density at radius 2 is 2.00 bits per heavy atom. The molecule has 0 radical (unpaired) electrons. The standard InChI is InChI=1S/C23H31N5O3/c1-3-16-4-6-20(26-22(16)29)17-12-19(15-31-14-17)28-10-8-27(9-11-28)18-5-7-21(25-13-18)23(30)24-2/h4-7,13,17,19H,3,8-12,14-15H2,1-2H3,(H,24,30)(H,26,29). The SMILES string of the molecule is CCc1ccc(C2COCC(N3CCN(c4ccc(C(=O)NC)nc4)CC3)C2)[nH]c1=O. The molecule has 4 rings (SSSR count). The van der Waals surface area contributed by atoms with Gasteiger partial charge < -0.3 is 19.9 Å². The summed E-state index contributed by atoms with van der Waals surface area (Å²) in [7, 11) is 1.61. The molecular formula is C23H31N5O3. The number of aromatic amines is 1. The Kier molecular flexibility index (Phi) is 6.67. The summed E-state index contributed by atoms with van der Waals surface area (Å²) in [4.78, 5) is 36.0. The van der Waals surface area contributed by atoms with Crippen LogP contribution in [0.2, 0.25) is 0 Å². The average molecular weight is 426 g/mol. The van der Waals surface area contributed by atoms with Crippen LogP contribution in [0, 0.1) is 0 Å². The van der Waals surface area contributed by atoms with E-state index in [4.69, 9.17) is 4.74 Å². The smallest absolute Gasteiger partial charge is 0.269 e. The van der Waals surface area contributed by atoms with Crippen molar-refractivity contribution in [3.8, 4) is 0 Å². The van der Waals surface area contributed by atoms with Crippen LogP contribution in [-0.4, -0.2) is 73.3 Å². The van der Waals surface area contributed by atoms with Crippen molar-refractivity contribution in [1.29, 1.82) is 0 Å². The molecule has 0 aliphatic carbocycles. The van der Waals surface area contributed by atoms with Crippen LogP contribution >= 0.6 is 0 Å². The first-order valence-corrected chi connectivity index (χ1v) is 11.1. The van der Waals surface area contributed by atoms with E-state index >= 15 is 0 Å². The highest BCUT2D eigenvalue weighted by Crippen LogP contribution is 2.27. The van der Waals surface area contributed by atoms with Crippen LogP contribution < -0.4 is 15.8 Å². The molecule has 2 atom stereocenters. The number of aryl methyl sites for hydroxylation is 1. The van der Waals surface area contributed by atoms with Gasteiger partial charge in [0.2, 0.25) is 0 Å². The van der Waals surface area contributed by atoms with E-state index < -0.39 is 0 Å². The number of hydrogen-bond acceptors (Lipinski definition) is 6. The zero-order valence-electron chi connectivity index (χ0n) is 18.3. The first kappa shape index (κ1) is 21.5. The van der Waals surface area contributed by atoms with Crippen molar-refractivity contribution in [1.82, 2.24) is 20.2 Å². The number of aromatic nitrogens is 2. The Bertz CT molecular complexity index is 950. The summed E-state index contributed by atoms with van der Waals surface area (Å²) in [6, 6.07) is 8.07. The number of rotatable bonds is 5. The second-order valence-electron chi connectivity index (χ2n) is 8.25. The molecule has 0 bridgehead atoms. The fourth-order valence-corrected chi connectivity index (χ4v) is 4.50. The molecule has 166 valence electrons. The van der Waals surface area contributed by atoms with Crippen LogP contribution in [0.3, 0.4) is 0 Å². The van der Waals surface area contributed by atoms with Gasteiger partial charge in [0.25, 0.3) is 11.5 Å². The van der Waals surface area contributed by atoms with Crippen LogP contribution in [0.15, 0.2) is 35.3 Å². The highest BCUT2D eigenvalue weighted by atomic mass is 16.5. The lowest BCUT2D eigenvalue weighted by molar-refractivity contribution is 0.00290. The minimum absolute atomic E-state index is 0.0202. The Hall–Kier alpha value is -2.71. The molecule has 31 heavy (non-hydrogen) atoms. The van der Waals surface area contributed by atoms with Crippen molar-refractivity contribution in [2.75, 3.05) is 51.3 Å². The van der Waals surface area contributed by atoms with Gasteiger partial charge in [-0.15, -0.1) is 0 Å². The van der Waals surface area contributed by atoms with Crippen molar-refractivity contribution >= 4 is 11.6 Å². The van der Waals surface area contributed by atoms with Crippen LogP contribution in [0.1, 0.15) is 41.0 Å². The molecule has 8 nitrogen and oxygen atoms in total. The van der Waals surface area contributed by atoms with E-state index in [1.807, 2.05) is 25.1 Å². The number of piperazine rings is 1. The molecule has 2 aromatic heterocycles. The van der Waals surface area contributed by atoms with Gasteiger partial charge in [0.1, 0.15) is 5.69 Å². The zero-order chi connectivity index (χ0) is 21.8. The van der Waals surface area contributed by atoms with Gasteiger partial charge in [0.15, 0.2) is 0 Å². The molecular weight excluding hydrogens is 394 g/mol. The topological polar surface area (TPSA) is 90.6 Å². The number of pyridine rings is 2. The van der Waals surface area contributed by atoms with Gasteiger partial charge in [0, 0.05) is 56.4 Å². The molecule has 2 aromatic rings. The second-order valence-corrected chi connectivity index (χ2v) is 8.25. The van der Waals surface area contributed by atoms with Crippen LogP contribution in [0.25, 0.3) is 0 Å². The summed E-state index contributed by atoms with van der Waals surface area (Å²) in [5.74, 6) is 0.0470. The van der Waals surface area contributed by atoms with Gasteiger partial charge in [-0.1, -0.05) is 13.0 Å². The molecule has 4 heterocycles. The van der Waals surface area contributed by atoms with E-state index in [-0.39, 0.29) is 17.4 Å². The lowest BCUT2D eigenvalue weighted by atomic mass is 9.93. The van der Waals surface area contributed by atoms with E-state index in [1.54, 1.807) is 19.3 Å². The third kappa shape index (κ3) is 4.80. The van der Waals surface area contributed by atoms with Gasteiger partial charge in [0.05, 0.1) is 25.1 Å². The maximum atomic E-state index is 12.2. The summed E-state index contributed by atoms with van der Waals surface area (Å²) in [5, 5.41) is 2.59. The Morgan fingerprint density at radius 3 is 2.65 bits per heavy atom. The Labute approximate surface area is 182 Å². The summed E-state index contributed by atoms with van der Waals surface area (Å²) >= 11 is 0. The molecule has 0 spiro atoms.